The van der Waals surface area contributed by atoms with Gasteiger partial charge in [-0.05, 0) is 18.2 Å². The first-order valence-corrected chi connectivity index (χ1v) is 7.39. The van der Waals surface area contributed by atoms with Crippen molar-refractivity contribution in [1.29, 1.82) is 0 Å². The standard InChI is InChI=1S/C17H12N6O/c24-12-3-1-2-10(6-12)17-22-14-9-19-16-13(4-5-18-16)15(14)23(17)11-7-20-21-8-11/h1-9,24H,(H,18,19)(H,20,21)/i/hD. The van der Waals surface area contributed by atoms with Gasteiger partial charge in [0.2, 0.25) is 0 Å². The third-order valence-corrected chi connectivity index (χ3v) is 4.01. The molecule has 0 unspecified atom stereocenters. The number of nitrogens with zero attached hydrogens (tertiary/aromatic N) is 4. The molecule has 0 atom stereocenters. The lowest BCUT2D eigenvalue weighted by Gasteiger charge is -2.07. The van der Waals surface area contributed by atoms with Crippen molar-refractivity contribution >= 4 is 22.1 Å². The number of hydrogen-bond acceptors (Lipinski definition) is 4. The number of aromatic amines is 2. The maximum atomic E-state index is 9.85. The molecule has 0 saturated carbocycles. The lowest BCUT2D eigenvalue weighted by atomic mass is 10.2. The Morgan fingerprint density at radius 3 is 3.00 bits per heavy atom. The van der Waals surface area contributed by atoms with Crippen LogP contribution in [0.5, 0.6) is 5.75 Å². The van der Waals surface area contributed by atoms with Crippen molar-refractivity contribution in [3.05, 3.63) is 55.1 Å². The van der Waals surface area contributed by atoms with Gasteiger partial charge in [0.05, 0.1) is 23.6 Å². The normalized spacial score (nSPS) is 12.1. The quantitative estimate of drug-likeness (QED) is 0.466. The minimum Gasteiger partial charge on any atom is -0.508 e. The van der Waals surface area contributed by atoms with Crippen molar-refractivity contribution in [2.24, 2.45) is 0 Å². The molecule has 3 N–H and O–H groups in total. The number of imidazole rings is 1. The van der Waals surface area contributed by atoms with Crippen molar-refractivity contribution in [1.82, 2.24) is 29.7 Å². The third kappa shape index (κ3) is 1.75. The first-order valence-electron chi connectivity index (χ1n) is 7.84. The van der Waals surface area contributed by atoms with Crippen molar-refractivity contribution in [3.63, 3.8) is 0 Å². The lowest BCUT2D eigenvalue weighted by molar-refractivity contribution is 0.475. The third-order valence-electron chi connectivity index (χ3n) is 4.01. The molecule has 0 radical (unpaired) electrons. The van der Waals surface area contributed by atoms with Gasteiger partial charge >= 0.3 is 0 Å². The molecule has 0 aliphatic heterocycles. The summed E-state index contributed by atoms with van der Waals surface area (Å²) in [6.07, 6.45) is 6.75. The summed E-state index contributed by atoms with van der Waals surface area (Å²) in [5, 5.41) is 15.7. The smallest absolute Gasteiger partial charge is 0.189 e. The molecular formula is C17H12N6O. The summed E-state index contributed by atoms with van der Waals surface area (Å²) in [5.41, 5.74) is 3.83. The number of nitrogens with one attached hydrogen (secondary N) is 2. The Balaban J connectivity index is 1.94. The van der Waals surface area contributed by atoms with Gasteiger partial charge in [-0.25, -0.2) is 9.97 Å². The highest BCUT2D eigenvalue weighted by Crippen LogP contribution is 2.32. The molecule has 0 spiro atoms. The molecule has 4 aromatic heterocycles. The van der Waals surface area contributed by atoms with Crippen LogP contribution < -0.4 is 0 Å². The lowest BCUT2D eigenvalue weighted by Crippen LogP contribution is -1.96. The Hall–Kier alpha value is -3.61. The van der Waals surface area contributed by atoms with Gasteiger partial charge in [0.1, 0.15) is 22.7 Å². The summed E-state index contributed by atoms with van der Waals surface area (Å²) in [6, 6.07) is 8.87. The van der Waals surface area contributed by atoms with E-state index >= 15 is 0 Å². The van der Waals surface area contributed by atoms with Gasteiger partial charge in [0.25, 0.3) is 0 Å². The Kier molecular flexibility index (Phi) is 2.32. The maximum Gasteiger partial charge on any atom is 0.189 e. The zero-order valence-electron chi connectivity index (χ0n) is 13.4. The Labute approximate surface area is 137 Å². The highest BCUT2D eigenvalue weighted by atomic mass is 16.3. The molecule has 7 nitrogen and oxygen atoms in total. The van der Waals surface area contributed by atoms with Gasteiger partial charge in [-0.1, -0.05) is 12.1 Å². The van der Waals surface area contributed by atoms with Crippen LogP contribution in [0.4, 0.5) is 0 Å². The van der Waals surface area contributed by atoms with E-state index in [1.165, 1.54) is 0 Å². The van der Waals surface area contributed by atoms with Gasteiger partial charge < -0.3 is 10.1 Å². The van der Waals surface area contributed by atoms with Crippen LogP contribution in [0.25, 0.3) is 39.1 Å². The molecule has 5 aromatic rings. The summed E-state index contributed by atoms with van der Waals surface area (Å²) in [5.74, 6) is 0.812. The molecule has 0 amide bonds. The summed E-state index contributed by atoms with van der Waals surface area (Å²) in [6.45, 7) is 0. The van der Waals surface area contributed by atoms with Gasteiger partial charge in [0.15, 0.2) is 1.41 Å². The average Bonchev–Trinajstić information content (AvgIpc) is 3.30. The van der Waals surface area contributed by atoms with Crippen molar-refractivity contribution in [3.8, 4) is 22.8 Å². The van der Waals surface area contributed by atoms with Crippen LogP contribution in [0.3, 0.4) is 0 Å². The van der Waals surface area contributed by atoms with E-state index in [-0.39, 0.29) is 5.75 Å². The predicted molar refractivity (Wildman–Crippen MR) is 90.0 cm³/mol. The predicted octanol–water partition coefficient (Wildman–Crippen LogP) is 3.00. The van der Waals surface area contributed by atoms with E-state index in [4.69, 9.17) is 6.40 Å². The molecule has 0 saturated heterocycles. The second-order valence-corrected chi connectivity index (χ2v) is 5.47. The Morgan fingerprint density at radius 2 is 2.17 bits per heavy atom. The molecule has 0 aliphatic carbocycles. The number of fused-ring (bicyclic) bond motifs is 3. The molecular weight excluding hydrogens is 304 g/mol. The van der Waals surface area contributed by atoms with Gasteiger partial charge in [-0.15, -0.1) is 0 Å². The number of H-pyrrole nitrogens is 2. The van der Waals surface area contributed by atoms with Crippen LogP contribution in [0.1, 0.15) is 0 Å². The molecule has 4 heterocycles. The van der Waals surface area contributed by atoms with Gasteiger partial charge in [-0.3, -0.25) is 9.66 Å². The number of benzene rings is 1. The number of hydrogen-bond donors (Lipinski definition) is 3. The van der Waals surface area contributed by atoms with Crippen LogP contribution >= 0.6 is 0 Å². The summed E-state index contributed by atoms with van der Waals surface area (Å²) < 4.78 is 9.61. The number of phenols is 1. The minimum atomic E-state index is 0.164. The summed E-state index contributed by atoms with van der Waals surface area (Å²) in [4.78, 5) is 12.2. The Bertz CT molecular complexity index is 1230. The van der Waals surface area contributed by atoms with Crippen molar-refractivity contribution in [2.45, 2.75) is 0 Å². The van der Waals surface area contributed by atoms with E-state index in [0.717, 1.165) is 32.7 Å². The zero-order valence-corrected chi connectivity index (χ0v) is 12.4. The highest BCUT2D eigenvalue weighted by molar-refractivity contribution is 6.03. The van der Waals surface area contributed by atoms with E-state index in [2.05, 4.69) is 15.1 Å². The fraction of sp³-hybridized carbons (Fsp3) is 0. The maximum absolute atomic E-state index is 9.85. The first kappa shape index (κ1) is 11.9. The van der Waals surface area contributed by atoms with E-state index in [1.807, 2.05) is 22.9 Å². The fourth-order valence-electron chi connectivity index (χ4n) is 2.99. The minimum absolute atomic E-state index is 0.164. The SMILES string of the molecule is [2H]n1cc(-n2c(-c3cccc(O)c3)nc3cnc4[nH]ccc4c32)cn1. The van der Waals surface area contributed by atoms with E-state index in [0.29, 0.717) is 11.5 Å². The summed E-state index contributed by atoms with van der Waals surface area (Å²) >= 11 is 0. The second-order valence-electron chi connectivity index (χ2n) is 5.47. The number of aromatic hydroxyl groups is 1. The average molecular weight is 317 g/mol. The van der Waals surface area contributed by atoms with E-state index < -0.39 is 0 Å². The van der Waals surface area contributed by atoms with Crippen LogP contribution in [0.2, 0.25) is 1.41 Å². The molecule has 0 bridgehead atoms. The molecule has 1 aromatic carbocycles. The molecule has 116 valence electrons. The van der Waals surface area contributed by atoms with Crippen LogP contribution in [0, 0.1) is 0 Å². The van der Waals surface area contributed by atoms with Crippen molar-refractivity contribution in [2.75, 3.05) is 0 Å². The molecule has 7 heteroatoms. The van der Waals surface area contributed by atoms with Crippen LogP contribution in [0.15, 0.2) is 55.1 Å². The molecule has 0 fully saturated rings. The summed E-state index contributed by atoms with van der Waals surface area (Å²) in [7, 11) is 0. The van der Waals surface area contributed by atoms with Crippen molar-refractivity contribution < 1.29 is 6.52 Å². The molecule has 0 aliphatic rings. The van der Waals surface area contributed by atoms with Crippen LogP contribution in [-0.4, -0.2) is 34.8 Å². The number of pyridine rings is 1. The largest absolute Gasteiger partial charge is 0.508 e. The number of phenolic OH excluding ortho intramolecular Hbond substituents is 1. The number of rotatable bonds is 2. The van der Waals surface area contributed by atoms with Gasteiger partial charge in [-0.2, -0.15) is 5.10 Å². The van der Waals surface area contributed by atoms with Crippen LogP contribution in [-0.2, 0) is 0 Å². The molecule has 5 rings (SSSR count). The second kappa shape index (κ2) is 4.69. The Morgan fingerprint density at radius 1 is 1.21 bits per heavy atom. The topological polar surface area (TPSA) is 95.4 Å². The zero-order chi connectivity index (χ0) is 17.0. The van der Waals surface area contributed by atoms with E-state index in [9.17, 15) is 5.11 Å². The number of aromatic nitrogens is 6. The molecule has 24 heavy (non-hydrogen) atoms. The monoisotopic (exact) mass is 317 g/mol. The fourth-order valence-corrected chi connectivity index (χ4v) is 2.99. The van der Waals surface area contributed by atoms with E-state index in [1.54, 1.807) is 36.8 Å². The first-order chi connectivity index (χ1) is 12.2. The van der Waals surface area contributed by atoms with Gasteiger partial charge in [0, 0.05) is 23.3 Å². The highest BCUT2D eigenvalue weighted by Gasteiger charge is 2.18.